The van der Waals surface area contributed by atoms with E-state index in [4.69, 9.17) is 21.9 Å². The zero-order valence-electron chi connectivity index (χ0n) is 16.1. The fourth-order valence-electron chi connectivity index (χ4n) is 3.75. The zero-order valence-corrected chi connectivity index (χ0v) is 16.9. The normalized spacial score (nSPS) is 22.5. The van der Waals surface area contributed by atoms with E-state index in [1.807, 2.05) is 13.8 Å². The number of alkyl halides is 4. The summed E-state index contributed by atoms with van der Waals surface area (Å²) in [5.41, 5.74) is 6.37. The van der Waals surface area contributed by atoms with Gasteiger partial charge in [0.05, 0.1) is 11.3 Å². The average molecular weight is 430 g/mol. The highest BCUT2D eigenvalue weighted by molar-refractivity contribution is 6.21. The maximum absolute atomic E-state index is 13.2. The van der Waals surface area contributed by atoms with Crippen LogP contribution in [-0.2, 0) is 6.18 Å². The SMILES string of the molecule is Cc1noc(NCC2CCC(c3cc(C(N)=O)cc(C(F)(F)F)c3)C(Cl)C2)c1C. The highest BCUT2D eigenvalue weighted by atomic mass is 35.5. The molecule has 0 radical (unpaired) electrons. The molecule has 0 spiro atoms. The first-order valence-corrected chi connectivity index (χ1v) is 9.82. The van der Waals surface area contributed by atoms with Crippen LogP contribution in [0.1, 0.15) is 57.9 Å². The van der Waals surface area contributed by atoms with E-state index in [1.165, 1.54) is 6.07 Å². The lowest BCUT2D eigenvalue weighted by atomic mass is 9.77. The smallest absolute Gasteiger partial charge is 0.366 e. The van der Waals surface area contributed by atoms with Crippen molar-refractivity contribution in [1.29, 1.82) is 0 Å². The molecule has 3 N–H and O–H groups in total. The van der Waals surface area contributed by atoms with Crippen molar-refractivity contribution in [2.45, 2.75) is 50.6 Å². The first-order valence-electron chi connectivity index (χ1n) is 9.39. The van der Waals surface area contributed by atoms with Crippen molar-refractivity contribution in [3.8, 4) is 0 Å². The minimum Gasteiger partial charge on any atom is -0.366 e. The standard InChI is InChI=1S/C20H23ClF3N3O2/c1-10-11(2)27-29-19(10)26-9-12-3-4-16(17(21)5-12)13-6-14(18(25)28)8-15(7-13)20(22,23)24/h6-8,12,16-17,26H,3-5,9H2,1-2H3,(H2,25,28). The maximum atomic E-state index is 13.2. The Morgan fingerprint density at radius 1 is 1.31 bits per heavy atom. The van der Waals surface area contributed by atoms with Crippen LogP contribution in [0.2, 0.25) is 0 Å². The number of carbonyl (C=O) groups excluding carboxylic acids is 1. The highest BCUT2D eigenvalue weighted by Crippen LogP contribution is 2.41. The van der Waals surface area contributed by atoms with Crippen molar-refractivity contribution in [1.82, 2.24) is 5.16 Å². The van der Waals surface area contributed by atoms with Crippen molar-refractivity contribution >= 4 is 23.4 Å². The van der Waals surface area contributed by atoms with E-state index in [1.54, 1.807) is 0 Å². The van der Waals surface area contributed by atoms with Gasteiger partial charge in [-0.1, -0.05) is 5.16 Å². The first kappa shape index (κ1) is 21.5. The largest absolute Gasteiger partial charge is 0.416 e. The number of hydrogen-bond acceptors (Lipinski definition) is 4. The number of nitrogens with one attached hydrogen (secondary N) is 1. The third-order valence-corrected chi connectivity index (χ3v) is 6.07. The van der Waals surface area contributed by atoms with Gasteiger partial charge in [0.1, 0.15) is 0 Å². The number of aromatic nitrogens is 1. The van der Waals surface area contributed by atoms with Crippen LogP contribution in [0.25, 0.3) is 0 Å². The Hall–Kier alpha value is -2.22. The van der Waals surface area contributed by atoms with Crippen molar-refractivity contribution in [2.24, 2.45) is 11.7 Å². The van der Waals surface area contributed by atoms with Gasteiger partial charge in [0, 0.05) is 29.0 Å². The van der Waals surface area contributed by atoms with Gasteiger partial charge in [-0.2, -0.15) is 13.2 Å². The number of rotatable bonds is 5. The van der Waals surface area contributed by atoms with E-state index in [0.717, 1.165) is 29.8 Å². The number of primary amides is 1. The Morgan fingerprint density at radius 3 is 2.59 bits per heavy atom. The summed E-state index contributed by atoms with van der Waals surface area (Å²) in [5.74, 6) is -0.290. The molecule has 1 aromatic carbocycles. The minimum absolute atomic E-state index is 0.154. The Labute approximate surface area is 171 Å². The van der Waals surface area contributed by atoms with Crippen molar-refractivity contribution in [3.05, 3.63) is 46.1 Å². The molecule has 3 unspecified atom stereocenters. The molecule has 1 amide bonds. The summed E-state index contributed by atoms with van der Waals surface area (Å²) in [7, 11) is 0. The monoisotopic (exact) mass is 429 g/mol. The molecule has 1 aliphatic carbocycles. The zero-order chi connectivity index (χ0) is 21.3. The number of nitrogens with two attached hydrogens (primary N) is 1. The van der Waals surface area contributed by atoms with Gasteiger partial charge in [-0.05, 0) is 62.8 Å². The lowest BCUT2D eigenvalue weighted by Gasteiger charge is -2.33. The van der Waals surface area contributed by atoms with Gasteiger partial charge in [-0.25, -0.2) is 0 Å². The quantitative estimate of drug-likeness (QED) is 0.654. The molecule has 5 nitrogen and oxygen atoms in total. The maximum Gasteiger partial charge on any atom is 0.416 e. The first-order chi connectivity index (χ1) is 13.6. The molecule has 1 aliphatic rings. The summed E-state index contributed by atoms with van der Waals surface area (Å²) in [4.78, 5) is 11.5. The molecule has 0 aliphatic heterocycles. The van der Waals surface area contributed by atoms with Crippen LogP contribution < -0.4 is 11.1 Å². The number of nitrogens with zero attached hydrogens (tertiary/aromatic N) is 1. The number of anilines is 1. The number of aryl methyl sites for hydroxylation is 1. The third-order valence-electron chi connectivity index (χ3n) is 5.58. The van der Waals surface area contributed by atoms with Gasteiger partial charge < -0.3 is 15.6 Å². The molecule has 158 valence electrons. The molecule has 0 saturated heterocycles. The number of benzene rings is 1. The Morgan fingerprint density at radius 2 is 2.03 bits per heavy atom. The molecule has 3 atom stereocenters. The lowest BCUT2D eigenvalue weighted by Crippen LogP contribution is -2.28. The van der Waals surface area contributed by atoms with E-state index in [2.05, 4.69) is 10.5 Å². The molecule has 3 rings (SSSR count). The summed E-state index contributed by atoms with van der Waals surface area (Å²) in [6.45, 7) is 4.42. The summed E-state index contributed by atoms with van der Waals surface area (Å²) in [6.07, 6.45) is -2.52. The number of hydrogen-bond donors (Lipinski definition) is 2. The topological polar surface area (TPSA) is 81.2 Å². The number of amides is 1. The second-order valence-electron chi connectivity index (χ2n) is 7.61. The van der Waals surface area contributed by atoms with Gasteiger partial charge in [0.25, 0.3) is 0 Å². The van der Waals surface area contributed by atoms with E-state index < -0.39 is 17.6 Å². The van der Waals surface area contributed by atoms with Crippen LogP contribution in [0.5, 0.6) is 0 Å². The molecule has 1 saturated carbocycles. The Bertz CT molecular complexity index is 898. The van der Waals surface area contributed by atoms with E-state index in [-0.39, 0.29) is 22.8 Å². The van der Waals surface area contributed by atoms with Crippen molar-refractivity contribution in [3.63, 3.8) is 0 Å². The van der Waals surface area contributed by atoms with E-state index in [9.17, 15) is 18.0 Å². The summed E-state index contributed by atoms with van der Waals surface area (Å²) in [5, 5.41) is 6.79. The Kier molecular flexibility index (Phi) is 6.12. The molecule has 1 heterocycles. The second kappa shape index (κ2) is 8.26. The van der Waals surface area contributed by atoms with Crippen LogP contribution in [0.15, 0.2) is 22.7 Å². The fourth-order valence-corrected chi connectivity index (χ4v) is 4.27. The molecular weight excluding hydrogens is 407 g/mol. The molecule has 9 heteroatoms. The van der Waals surface area contributed by atoms with Gasteiger partial charge >= 0.3 is 6.18 Å². The molecule has 2 aromatic rings. The summed E-state index contributed by atoms with van der Waals surface area (Å²) >= 11 is 6.57. The van der Waals surface area contributed by atoms with Crippen LogP contribution >= 0.6 is 11.6 Å². The third kappa shape index (κ3) is 4.86. The predicted molar refractivity (Wildman–Crippen MR) is 104 cm³/mol. The summed E-state index contributed by atoms with van der Waals surface area (Å²) in [6, 6.07) is 3.29. The summed E-state index contributed by atoms with van der Waals surface area (Å²) < 4.78 is 44.9. The van der Waals surface area contributed by atoms with Crippen molar-refractivity contribution < 1.29 is 22.5 Å². The average Bonchev–Trinajstić information content (AvgIpc) is 2.97. The van der Waals surface area contributed by atoms with Crippen LogP contribution in [0, 0.1) is 19.8 Å². The fraction of sp³-hybridized carbons (Fsp3) is 0.500. The van der Waals surface area contributed by atoms with Gasteiger partial charge in [-0.3, -0.25) is 4.79 Å². The molecule has 29 heavy (non-hydrogen) atoms. The number of halogens is 4. The van der Waals surface area contributed by atoms with Gasteiger partial charge in [-0.15, -0.1) is 11.6 Å². The lowest BCUT2D eigenvalue weighted by molar-refractivity contribution is -0.137. The highest BCUT2D eigenvalue weighted by Gasteiger charge is 2.35. The van der Waals surface area contributed by atoms with Crippen LogP contribution in [-0.4, -0.2) is 23.0 Å². The molecular formula is C20H23ClF3N3O2. The van der Waals surface area contributed by atoms with Crippen LogP contribution in [0.4, 0.5) is 19.1 Å². The second-order valence-corrected chi connectivity index (χ2v) is 8.17. The Balaban J connectivity index is 1.71. The van der Waals surface area contributed by atoms with E-state index >= 15 is 0 Å². The minimum atomic E-state index is -4.56. The number of carbonyl (C=O) groups is 1. The van der Waals surface area contributed by atoms with Crippen molar-refractivity contribution in [2.75, 3.05) is 11.9 Å². The molecule has 0 bridgehead atoms. The van der Waals surface area contributed by atoms with Gasteiger partial charge in [0.15, 0.2) is 0 Å². The molecule has 1 aromatic heterocycles. The predicted octanol–water partition coefficient (Wildman–Crippen LogP) is 5.01. The van der Waals surface area contributed by atoms with E-state index in [0.29, 0.717) is 30.8 Å². The van der Waals surface area contributed by atoms with Gasteiger partial charge in [0.2, 0.25) is 11.8 Å². The molecule has 1 fully saturated rings. The van der Waals surface area contributed by atoms with Crippen LogP contribution in [0.3, 0.4) is 0 Å².